The second-order valence-corrected chi connectivity index (χ2v) is 11.5. The number of halogens is 2. The molecule has 2 aromatic heterocycles. The first-order valence-corrected chi connectivity index (χ1v) is 12.8. The van der Waals surface area contributed by atoms with Gasteiger partial charge in [0.1, 0.15) is 13.5 Å². The van der Waals surface area contributed by atoms with E-state index >= 15 is 0 Å². The number of sulfonamides is 1. The Balaban J connectivity index is 1.76. The molecule has 2 aromatic rings. The van der Waals surface area contributed by atoms with Crippen molar-refractivity contribution in [1.82, 2.24) is 18.8 Å². The molecule has 1 saturated heterocycles. The van der Waals surface area contributed by atoms with Crippen molar-refractivity contribution >= 4 is 42.7 Å². The number of nitrogens with one attached hydrogen (secondary N) is 1. The molecule has 4 rings (SSSR count). The maximum atomic E-state index is 14.0. The number of hydrogen-bond acceptors (Lipinski definition) is 7. The van der Waals surface area contributed by atoms with Crippen LogP contribution in [0.15, 0.2) is 17.1 Å². The minimum atomic E-state index is -3.89. The number of fused-ring (bicyclic) bond motifs is 1. The molecular formula is C20H25B2F2N5O4S. The van der Waals surface area contributed by atoms with Crippen LogP contribution in [0, 0.1) is 0 Å². The second kappa shape index (κ2) is 8.27. The van der Waals surface area contributed by atoms with E-state index in [0.717, 1.165) is 16.9 Å². The third-order valence-electron chi connectivity index (χ3n) is 6.77. The maximum Gasteiger partial charge on any atom is 0.260 e. The smallest absolute Gasteiger partial charge is 0.260 e. The Hall–Kier alpha value is -2.05. The highest BCUT2D eigenvalue weighted by Crippen LogP contribution is 2.40. The predicted octanol–water partition coefficient (Wildman–Crippen LogP) is 0.817. The fraction of sp³-hybridized carbons (Fsp3) is 0.650. The van der Waals surface area contributed by atoms with Crippen molar-refractivity contribution in [3.8, 4) is 0 Å². The molecule has 1 aliphatic carbocycles. The van der Waals surface area contributed by atoms with E-state index in [1.165, 1.54) is 10.5 Å². The minimum absolute atomic E-state index is 0.0563. The number of rotatable bonds is 5. The van der Waals surface area contributed by atoms with E-state index in [2.05, 4.69) is 15.3 Å². The zero-order valence-electron chi connectivity index (χ0n) is 19.0. The Kier molecular flexibility index (Phi) is 6.09. The summed E-state index contributed by atoms with van der Waals surface area (Å²) in [6.07, 6.45) is 4.38. The Bertz CT molecular complexity index is 1270. The Labute approximate surface area is 198 Å². The molecule has 1 saturated carbocycles. The normalized spacial score (nSPS) is 26.1. The molecule has 2 fully saturated rings. The molecule has 14 heteroatoms. The number of alkyl halides is 2. The van der Waals surface area contributed by atoms with Gasteiger partial charge >= 0.3 is 0 Å². The number of hydrogen-bond donors (Lipinski definition) is 2. The highest BCUT2D eigenvalue weighted by atomic mass is 32.2. The van der Waals surface area contributed by atoms with Crippen LogP contribution < -0.4 is 10.9 Å². The van der Waals surface area contributed by atoms with Crippen molar-refractivity contribution in [3.05, 3.63) is 28.2 Å². The monoisotopic (exact) mass is 491 g/mol. The molecule has 1 aliphatic heterocycles. The van der Waals surface area contributed by atoms with Crippen molar-refractivity contribution < 1.29 is 22.3 Å². The second-order valence-electron chi connectivity index (χ2n) is 9.54. The lowest BCUT2D eigenvalue weighted by Crippen LogP contribution is -2.51. The molecule has 3 heterocycles. The minimum Gasteiger partial charge on any atom is -0.388 e. The average Bonchev–Trinajstić information content (AvgIpc) is 3.04. The summed E-state index contributed by atoms with van der Waals surface area (Å²) in [4.78, 5) is 21.7. The van der Waals surface area contributed by atoms with Crippen LogP contribution in [-0.4, -0.2) is 78.4 Å². The zero-order valence-corrected chi connectivity index (χ0v) is 19.8. The summed E-state index contributed by atoms with van der Waals surface area (Å²) in [6, 6.07) is 0.183. The summed E-state index contributed by atoms with van der Waals surface area (Å²) in [7, 11) is 8.05. The maximum absolute atomic E-state index is 14.0. The largest absolute Gasteiger partial charge is 0.388 e. The molecule has 2 unspecified atom stereocenters. The number of aliphatic hydroxyl groups is 1. The summed E-state index contributed by atoms with van der Waals surface area (Å²) in [5, 5.41) is 14.0. The fourth-order valence-corrected chi connectivity index (χ4v) is 5.66. The molecule has 9 nitrogen and oxygen atoms in total. The van der Waals surface area contributed by atoms with Crippen molar-refractivity contribution in [2.45, 2.75) is 61.9 Å². The van der Waals surface area contributed by atoms with E-state index in [9.17, 15) is 27.1 Å². The first-order chi connectivity index (χ1) is 15.6. The van der Waals surface area contributed by atoms with E-state index in [1.54, 1.807) is 6.92 Å². The summed E-state index contributed by atoms with van der Waals surface area (Å²) < 4.78 is 54.0. The van der Waals surface area contributed by atoms with Gasteiger partial charge in [0.15, 0.2) is 7.85 Å². The fourth-order valence-electron chi connectivity index (χ4n) is 4.81. The van der Waals surface area contributed by atoms with Crippen LogP contribution in [0.3, 0.4) is 0 Å². The molecule has 2 N–H and O–H groups in total. The van der Waals surface area contributed by atoms with Gasteiger partial charge in [0, 0.05) is 30.1 Å². The molecule has 2 atom stereocenters. The number of aromatic nitrogens is 3. The van der Waals surface area contributed by atoms with E-state index in [-0.39, 0.29) is 42.9 Å². The van der Waals surface area contributed by atoms with Crippen LogP contribution >= 0.6 is 0 Å². The molecule has 0 aromatic carbocycles. The molecule has 180 valence electrons. The van der Waals surface area contributed by atoms with Gasteiger partial charge in [0.25, 0.3) is 5.56 Å². The summed E-state index contributed by atoms with van der Waals surface area (Å²) in [5.74, 6) is -3.83. The third-order valence-corrected chi connectivity index (χ3v) is 8.07. The van der Waals surface area contributed by atoms with Gasteiger partial charge in [-0.05, 0) is 45.1 Å². The van der Waals surface area contributed by atoms with Crippen molar-refractivity contribution in [3.63, 3.8) is 0 Å². The highest BCUT2D eigenvalue weighted by Gasteiger charge is 2.41. The Morgan fingerprint density at radius 2 is 1.94 bits per heavy atom. The molecule has 0 spiro atoms. The van der Waals surface area contributed by atoms with E-state index in [0.29, 0.717) is 19.3 Å². The highest BCUT2D eigenvalue weighted by molar-refractivity contribution is 7.88. The van der Waals surface area contributed by atoms with Gasteiger partial charge in [0.2, 0.25) is 21.8 Å². The van der Waals surface area contributed by atoms with Crippen molar-refractivity contribution in [2.24, 2.45) is 0 Å². The van der Waals surface area contributed by atoms with Gasteiger partial charge in [-0.15, -0.1) is 0 Å². The first kappa shape index (κ1) is 25.1. The lowest BCUT2D eigenvalue weighted by Gasteiger charge is -2.39. The van der Waals surface area contributed by atoms with Gasteiger partial charge in [0.05, 0.1) is 23.5 Å². The lowest BCUT2D eigenvalue weighted by atomic mass is 9.71. The van der Waals surface area contributed by atoms with Gasteiger partial charge in [-0.2, -0.15) is 4.98 Å². The Morgan fingerprint density at radius 1 is 1.29 bits per heavy atom. The standard InChI is InChI=1S/C20H25B2F2N5O4S/c1-18(31)5-3-4-14(18)29-15-12(10-13(16(29)30)20(22,23)24)11-25-17(26-15)27-19(21)6-8-28(9-7-19)34(2,32)33/h10-11,14,31H,3-9H2,1-2H3,(H,25,26,27). The van der Waals surface area contributed by atoms with Crippen LogP contribution in [0.25, 0.3) is 11.0 Å². The van der Waals surface area contributed by atoms with Crippen molar-refractivity contribution in [2.75, 3.05) is 24.7 Å². The van der Waals surface area contributed by atoms with Gasteiger partial charge in [-0.25, -0.2) is 26.5 Å². The average molecular weight is 491 g/mol. The van der Waals surface area contributed by atoms with Gasteiger partial charge in [-0.1, -0.05) is 0 Å². The van der Waals surface area contributed by atoms with E-state index in [1.807, 2.05) is 0 Å². The van der Waals surface area contributed by atoms with E-state index in [4.69, 9.17) is 15.7 Å². The number of piperidine rings is 1. The van der Waals surface area contributed by atoms with Crippen LogP contribution in [0.5, 0.6) is 0 Å². The zero-order chi connectivity index (χ0) is 25.1. The molecule has 0 amide bonds. The summed E-state index contributed by atoms with van der Waals surface area (Å²) in [5.41, 5.74) is -4.18. The number of anilines is 1. The van der Waals surface area contributed by atoms with E-state index < -0.39 is 44.0 Å². The Morgan fingerprint density at radius 3 is 2.47 bits per heavy atom. The van der Waals surface area contributed by atoms with Gasteiger partial charge in [-0.3, -0.25) is 9.36 Å². The molecule has 34 heavy (non-hydrogen) atoms. The number of nitrogens with zero attached hydrogens (tertiary/aromatic N) is 4. The molecule has 0 bridgehead atoms. The first-order valence-electron chi connectivity index (χ1n) is 10.9. The van der Waals surface area contributed by atoms with Crippen LogP contribution in [0.1, 0.15) is 50.6 Å². The van der Waals surface area contributed by atoms with Crippen LogP contribution in [-0.2, 0) is 15.8 Å². The number of pyridine rings is 1. The SMILES string of the molecule is [B]C1(Nc2ncc3cc(C([B])(F)F)c(=O)n(C4CCCC4(C)O)c3n2)CCN(S(C)(=O)=O)CC1. The van der Waals surface area contributed by atoms with Gasteiger partial charge < -0.3 is 10.4 Å². The molecular weight excluding hydrogens is 466 g/mol. The predicted molar refractivity (Wildman–Crippen MR) is 125 cm³/mol. The van der Waals surface area contributed by atoms with Crippen LogP contribution in [0.2, 0.25) is 0 Å². The lowest BCUT2D eigenvalue weighted by molar-refractivity contribution is 0.0256. The summed E-state index contributed by atoms with van der Waals surface area (Å²) in [6.45, 7) is 1.97. The van der Waals surface area contributed by atoms with Crippen molar-refractivity contribution in [1.29, 1.82) is 0 Å². The summed E-state index contributed by atoms with van der Waals surface area (Å²) >= 11 is 0. The molecule has 2 aliphatic rings. The third kappa shape index (κ3) is 4.72. The topological polar surface area (TPSA) is 117 Å². The van der Waals surface area contributed by atoms with Crippen LogP contribution in [0.4, 0.5) is 14.7 Å². The quantitative estimate of drug-likeness (QED) is 0.595. The molecule has 4 radical (unpaired) electrons.